The van der Waals surface area contributed by atoms with Crippen molar-refractivity contribution in [3.63, 3.8) is 0 Å². The Morgan fingerprint density at radius 3 is 2.03 bits per heavy atom. The molecule has 4 heteroatoms. The molecule has 0 radical (unpaired) electrons. The second kappa shape index (κ2) is 8.08. The maximum atomic E-state index is 5.14. The molecule has 0 aliphatic carbocycles. The van der Waals surface area contributed by atoms with Crippen LogP contribution in [0.25, 0.3) is 28.1 Å². The van der Waals surface area contributed by atoms with E-state index in [0.29, 0.717) is 11.8 Å². The molecule has 0 aliphatic rings. The van der Waals surface area contributed by atoms with Crippen molar-refractivity contribution in [2.24, 2.45) is 0 Å². The fourth-order valence-electron chi connectivity index (χ4n) is 3.91. The van der Waals surface area contributed by atoms with E-state index in [9.17, 15) is 0 Å². The van der Waals surface area contributed by atoms with Crippen molar-refractivity contribution in [3.8, 4) is 17.1 Å². The average Bonchev–Trinajstić information content (AvgIpc) is 3.08. The van der Waals surface area contributed by atoms with E-state index in [1.165, 1.54) is 16.7 Å². The predicted octanol–water partition coefficient (Wildman–Crippen LogP) is 8.46. The molecule has 0 N–H and O–H groups in total. The molecule has 4 aromatic rings. The monoisotopic (exact) mass is 510 g/mol. The minimum atomic E-state index is 0.405. The van der Waals surface area contributed by atoms with Crippen LogP contribution < -0.4 is 0 Å². The molecule has 148 valence electrons. The van der Waals surface area contributed by atoms with Gasteiger partial charge in [0, 0.05) is 10.0 Å². The molecule has 1 aromatic heterocycles. The highest BCUT2D eigenvalue weighted by atomic mass is 79.9. The molecule has 29 heavy (non-hydrogen) atoms. The topological polar surface area (TPSA) is 17.8 Å². The van der Waals surface area contributed by atoms with Crippen LogP contribution in [0.5, 0.6) is 0 Å². The maximum absolute atomic E-state index is 5.14. The van der Waals surface area contributed by atoms with Crippen LogP contribution in [-0.2, 0) is 0 Å². The molecule has 0 atom stereocenters. The molecule has 0 aliphatic heterocycles. The van der Waals surface area contributed by atoms with E-state index in [4.69, 9.17) is 4.98 Å². The first-order valence-corrected chi connectivity index (χ1v) is 11.5. The molecule has 0 saturated heterocycles. The smallest absolute Gasteiger partial charge is 0.146 e. The van der Waals surface area contributed by atoms with Gasteiger partial charge in [0.1, 0.15) is 5.82 Å². The lowest BCUT2D eigenvalue weighted by molar-refractivity contribution is 0.832. The lowest BCUT2D eigenvalue weighted by Gasteiger charge is -2.21. The van der Waals surface area contributed by atoms with Crippen LogP contribution in [0.15, 0.2) is 69.6 Å². The predicted molar refractivity (Wildman–Crippen MR) is 130 cm³/mol. The summed E-state index contributed by atoms with van der Waals surface area (Å²) in [5, 5.41) is 0. The van der Waals surface area contributed by atoms with Gasteiger partial charge in [-0.1, -0.05) is 64.1 Å². The number of imidazole rings is 1. The fraction of sp³-hybridized carbons (Fsp3) is 0.240. The first-order chi connectivity index (χ1) is 13.9. The number of rotatable bonds is 4. The molecular formula is C25H24Br2N2. The molecule has 0 bridgehead atoms. The van der Waals surface area contributed by atoms with Gasteiger partial charge in [-0.3, -0.25) is 4.57 Å². The third-order valence-corrected chi connectivity index (χ3v) is 7.36. The Labute approximate surface area is 189 Å². The molecule has 0 unspecified atom stereocenters. The standard InChI is InChI=1S/C25H24Br2N2/c1-15(2)17-9-7-10-18(16(3)4)23(17)25-28-20-12-5-6-13-21(20)29(25)22-14-8-11-19(26)24(22)27/h5-16H,1-4H3. The minimum absolute atomic E-state index is 0.405. The number of halogens is 2. The third-order valence-electron chi connectivity index (χ3n) is 5.33. The van der Waals surface area contributed by atoms with Crippen molar-refractivity contribution in [2.45, 2.75) is 39.5 Å². The molecule has 0 saturated carbocycles. The van der Waals surface area contributed by atoms with Crippen LogP contribution in [0.4, 0.5) is 0 Å². The van der Waals surface area contributed by atoms with E-state index in [0.717, 1.165) is 31.5 Å². The van der Waals surface area contributed by atoms with Crippen LogP contribution in [0.1, 0.15) is 50.7 Å². The van der Waals surface area contributed by atoms with Gasteiger partial charge in [0.2, 0.25) is 0 Å². The molecule has 2 nitrogen and oxygen atoms in total. The molecule has 0 spiro atoms. The van der Waals surface area contributed by atoms with E-state index in [2.05, 4.69) is 119 Å². The minimum Gasteiger partial charge on any atom is -0.291 e. The van der Waals surface area contributed by atoms with Crippen molar-refractivity contribution >= 4 is 42.9 Å². The van der Waals surface area contributed by atoms with E-state index in [-0.39, 0.29) is 0 Å². The summed E-state index contributed by atoms with van der Waals surface area (Å²) in [6.07, 6.45) is 0. The number of para-hydroxylation sites is 2. The summed E-state index contributed by atoms with van der Waals surface area (Å²) >= 11 is 7.46. The largest absolute Gasteiger partial charge is 0.291 e. The summed E-state index contributed by atoms with van der Waals surface area (Å²) in [5.41, 5.74) is 7.10. The van der Waals surface area contributed by atoms with Gasteiger partial charge in [-0.05, 0) is 79.1 Å². The van der Waals surface area contributed by atoms with Crippen molar-refractivity contribution in [1.82, 2.24) is 9.55 Å². The fourth-order valence-corrected chi connectivity index (χ4v) is 4.71. The molecule has 0 amide bonds. The van der Waals surface area contributed by atoms with Crippen LogP contribution in [0.2, 0.25) is 0 Å². The van der Waals surface area contributed by atoms with Crippen molar-refractivity contribution < 1.29 is 0 Å². The highest BCUT2D eigenvalue weighted by molar-refractivity contribution is 9.13. The quantitative estimate of drug-likeness (QED) is 0.268. The number of nitrogens with zero attached hydrogens (tertiary/aromatic N) is 2. The molecule has 1 heterocycles. The van der Waals surface area contributed by atoms with E-state index < -0.39 is 0 Å². The van der Waals surface area contributed by atoms with Crippen LogP contribution >= 0.6 is 31.9 Å². The first kappa shape index (κ1) is 20.4. The number of aromatic nitrogens is 2. The lowest BCUT2D eigenvalue weighted by Crippen LogP contribution is -2.05. The van der Waals surface area contributed by atoms with Crippen molar-refractivity contribution in [3.05, 3.63) is 80.7 Å². The summed E-state index contributed by atoms with van der Waals surface area (Å²) in [7, 11) is 0. The Balaban J connectivity index is 2.16. The second-order valence-electron chi connectivity index (χ2n) is 7.95. The lowest BCUT2D eigenvalue weighted by atomic mass is 9.88. The summed E-state index contributed by atoms with van der Waals surface area (Å²) in [6, 6.07) is 21.3. The molecular weight excluding hydrogens is 488 g/mol. The van der Waals surface area contributed by atoms with Gasteiger partial charge in [0.25, 0.3) is 0 Å². The maximum Gasteiger partial charge on any atom is 0.146 e. The Bertz CT molecular complexity index is 1160. The van der Waals surface area contributed by atoms with Crippen LogP contribution in [0.3, 0.4) is 0 Å². The third kappa shape index (κ3) is 3.57. The van der Waals surface area contributed by atoms with Gasteiger partial charge in [0.05, 0.1) is 21.2 Å². The zero-order valence-corrected chi connectivity index (χ0v) is 20.3. The number of hydrogen-bond donors (Lipinski definition) is 0. The summed E-state index contributed by atoms with van der Waals surface area (Å²) in [5.74, 6) is 1.81. The Kier molecular flexibility index (Phi) is 5.67. The second-order valence-corrected chi connectivity index (χ2v) is 9.60. The van der Waals surface area contributed by atoms with E-state index >= 15 is 0 Å². The summed E-state index contributed by atoms with van der Waals surface area (Å²) < 4.78 is 4.34. The number of hydrogen-bond acceptors (Lipinski definition) is 1. The molecule has 0 fully saturated rings. The van der Waals surface area contributed by atoms with Gasteiger partial charge in [-0.25, -0.2) is 4.98 Å². The Hall–Kier alpha value is -1.91. The van der Waals surface area contributed by atoms with E-state index in [1.54, 1.807) is 0 Å². The van der Waals surface area contributed by atoms with Gasteiger partial charge >= 0.3 is 0 Å². The first-order valence-electron chi connectivity index (χ1n) is 9.95. The zero-order chi connectivity index (χ0) is 20.7. The van der Waals surface area contributed by atoms with Gasteiger partial charge in [0.15, 0.2) is 0 Å². The Morgan fingerprint density at radius 2 is 1.38 bits per heavy atom. The highest BCUT2D eigenvalue weighted by Gasteiger charge is 2.23. The van der Waals surface area contributed by atoms with Crippen molar-refractivity contribution in [2.75, 3.05) is 0 Å². The zero-order valence-electron chi connectivity index (χ0n) is 17.1. The van der Waals surface area contributed by atoms with Gasteiger partial charge in [-0.15, -0.1) is 0 Å². The average molecular weight is 512 g/mol. The molecule has 3 aromatic carbocycles. The van der Waals surface area contributed by atoms with Gasteiger partial charge < -0.3 is 0 Å². The number of benzene rings is 3. The SMILES string of the molecule is CC(C)c1cccc(C(C)C)c1-c1nc2ccccc2n1-c1cccc(Br)c1Br. The van der Waals surface area contributed by atoms with Gasteiger partial charge in [-0.2, -0.15) is 0 Å². The van der Waals surface area contributed by atoms with Crippen LogP contribution in [-0.4, -0.2) is 9.55 Å². The van der Waals surface area contributed by atoms with Crippen molar-refractivity contribution in [1.29, 1.82) is 0 Å². The summed E-state index contributed by atoms with van der Waals surface area (Å²) in [4.78, 5) is 5.14. The van der Waals surface area contributed by atoms with E-state index in [1.807, 2.05) is 6.07 Å². The Morgan fingerprint density at radius 1 is 0.759 bits per heavy atom. The van der Waals surface area contributed by atoms with Crippen LogP contribution in [0, 0.1) is 0 Å². The highest BCUT2D eigenvalue weighted by Crippen LogP contribution is 2.40. The summed E-state index contributed by atoms with van der Waals surface area (Å²) in [6.45, 7) is 9.02. The normalized spacial score (nSPS) is 11.7. The number of fused-ring (bicyclic) bond motifs is 1. The molecule has 4 rings (SSSR count).